The van der Waals surface area contributed by atoms with Crippen LogP contribution in [0.2, 0.25) is 0 Å². The van der Waals surface area contributed by atoms with Crippen molar-refractivity contribution in [3.05, 3.63) is 53.8 Å². The number of amides is 1. The van der Waals surface area contributed by atoms with Gasteiger partial charge in [-0.05, 0) is 42.3 Å². The van der Waals surface area contributed by atoms with Gasteiger partial charge in [0.2, 0.25) is 0 Å². The number of nitrogens with one attached hydrogen (secondary N) is 1. The molecule has 118 valence electrons. The summed E-state index contributed by atoms with van der Waals surface area (Å²) < 4.78 is 19.1. The molecule has 0 atom stereocenters. The molecule has 0 aliphatic carbocycles. The normalized spacial score (nSPS) is 10.7. The van der Waals surface area contributed by atoms with E-state index in [-0.39, 0.29) is 18.3 Å². The van der Waals surface area contributed by atoms with Gasteiger partial charge in [-0.3, -0.25) is 10.1 Å². The van der Waals surface area contributed by atoms with Crippen molar-refractivity contribution in [3.8, 4) is 5.75 Å². The van der Waals surface area contributed by atoms with Crippen LogP contribution in [0.15, 0.2) is 42.5 Å². The Kier molecular flexibility index (Phi) is 4.52. The summed E-state index contributed by atoms with van der Waals surface area (Å²) in [5.74, 6) is -0.200. The van der Waals surface area contributed by atoms with Crippen LogP contribution in [0.3, 0.4) is 0 Å². The van der Waals surface area contributed by atoms with E-state index in [0.717, 1.165) is 22.2 Å². The average molecular weight is 330 g/mol. The molecule has 0 saturated heterocycles. The molecule has 0 radical (unpaired) electrons. The van der Waals surface area contributed by atoms with E-state index in [1.807, 2.05) is 18.2 Å². The Morgan fingerprint density at radius 3 is 2.78 bits per heavy atom. The van der Waals surface area contributed by atoms with Gasteiger partial charge in [0.1, 0.15) is 11.6 Å². The number of thiazole rings is 1. The zero-order chi connectivity index (χ0) is 16.2. The summed E-state index contributed by atoms with van der Waals surface area (Å²) in [5, 5.41) is 3.28. The number of fused-ring (bicyclic) bond motifs is 1. The van der Waals surface area contributed by atoms with Crippen molar-refractivity contribution in [2.45, 2.75) is 13.3 Å². The van der Waals surface area contributed by atoms with E-state index in [4.69, 9.17) is 4.74 Å². The van der Waals surface area contributed by atoms with Crippen molar-refractivity contribution >= 4 is 32.6 Å². The first-order valence-corrected chi connectivity index (χ1v) is 8.04. The van der Waals surface area contributed by atoms with Gasteiger partial charge in [0.05, 0.1) is 10.2 Å². The highest BCUT2D eigenvalue weighted by molar-refractivity contribution is 7.22. The van der Waals surface area contributed by atoms with Crippen LogP contribution < -0.4 is 10.1 Å². The third-order valence-corrected chi connectivity index (χ3v) is 4.25. The summed E-state index contributed by atoms with van der Waals surface area (Å²) in [5.41, 5.74) is 2.08. The molecule has 3 aromatic rings. The lowest BCUT2D eigenvalue weighted by molar-refractivity contribution is -0.118. The Hall–Kier alpha value is -2.47. The molecule has 1 N–H and O–H groups in total. The minimum absolute atomic E-state index is 0.151. The standard InChI is InChI=1S/C17H15FN2O2S/c1-2-11-4-3-5-14-16(11)20-17(23-14)19-15(21)10-22-13-8-6-12(18)7-9-13/h3-9H,2,10H2,1H3,(H,19,20,21). The van der Waals surface area contributed by atoms with Crippen LogP contribution in [0.25, 0.3) is 10.2 Å². The largest absolute Gasteiger partial charge is 0.484 e. The Labute approximate surface area is 136 Å². The lowest BCUT2D eigenvalue weighted by Gasteiger charge is -2.05. The van der Waals surface area contributed by atoms with Crippen LogP contribution in [-0.4, -0.2) is 17.5 Å². The second kappa shape index (κ2) is 6.75. The monoisotopic (exact) mass is 330 g/mol. The molecular weight excluding hydrogens is 315 g/mol. The highest BCUT2D eigenvalue weighted by Gasteiger charge is 2.10. The fraction of sp³-hybridized carbons (Fsp3) is 0.176. The molecule has 0 unspecified atom stereocenters. The predicted molar refractivity (Wildman–Crippen MR) is 89.5 cm³/mol. The molecule has 0 fully saturated rings. The topological polar surface area (TPSA) is 51.2 Å². The van der Waals surface area contributed by atoms with Gasteiger partial charge in [0, 0.05) is 0 Å². The summed E-state index contributed by atoms with van der Waals surface area (Å²) in [6.07, 6.45) is 0.891. The molecule has 0 aliphatic heterocycles. The van der Waals surface area contributed by atoms with Crippen molar-refractivity contribution in [1.82, 2.24) is 4.98 Å². The molecule has 6 heteroatoms. The number of rotatable bonds is 5. The number of hydrogen-bond acceptors (Lipinski definition) is 4. The minimum Gasteiger partial charge on any atom is -0.484 e. The van der Waals surface area contributed by atoms with Crippen molar-refractivity contribution < 1.29 is 13.9 Å². The van der Waals surface area contributed by atoms with Gasteiger partial charge < -0.3 is 4.74 Å². The fourth-order valence-electron chi connectivity index (χ4n) is 2.18. The molecule has 1 heterocycles. The smallest absolute Gasteiger partial charge is 0.264 e. The maximum Gasteiger partial charge on any atom is 0.264 e. The first-order valence-electron chi connectivity index (χ1n) is 7.22. The number of para-hydroxylation sites is 1. The quantitative estimate of drug-likeness (QED) is 0.769. The molecule has 3 rings (SSSR count). The molecule has 1 aromatic heterocycles. The summed E-state index contributed by atoms with van der Waals surface area (Å²) >= 11 is 1.43. The van der Waals surface area contributed by atoms with Crippen LogP contribution in [0, 0.1) is 5.82 Å². The zero-order valence-electron chi connectivity index (χ0n) is 12.5. The highest BCUT2D eigenvalue weighted by atomic mass is 32.1. The number of carbonyl (C=O) groups is 1. The third kappa shape index (κ3) is 3.65. The van der Waals surface area contributed by atoms with Crippen molar-refractivity contribution in [1.29, 1.82) is 0 Å². The molecule has 0 aliphatic rings. The molecule has 0 saturated carbocycles. The van der Waals surface area contributed by atoms with E-state index in [0.29, 0.717) is 10.9 Å². The summed E-state index contributed by atoms with van der Waals surface area (Å²) in [6.45, 7) is 1.92. The van der Waals surface area contributed by atoms with Gasteiger partial charge in [-0.15, -0.1) is 0 Å². The molecule has 0 bridgehead atoms. The Morgan fingerprint density at radius 1 is 1.26 bits per heavy atom. The van der Waals surface area contributed by atoms with Gasteiger partial charge in [-0.1, -0.05) is 30.4 Å². The summed E-state index contributed by atoms with van der Waals surface area (Å²) in [6, 6.07) is 11.5. The number of hydrogen-bond donors (Lipinski definition) is 1. The number of anilines is 1. The molecular formula is C17H15FN2O2S. The predicted octanol–water partition coefficient (Wildman–Crippen LogP) is 4.02. The summed E-state index contributed by atoms with van der Waals surface area (Å²) in [4.78, 5) is 16.4. The van der Waals surface area contributed by atoms with E-state index in [1.54, 1.807) is 0 Å². The van der Waals surface area contributed by atoms with Crippen molar-refractivity contribution in [2.24, 2.45) is 0 Å². The summed E-state index contributed by atoms with van der Waals surface area (Å²) in [7, 11) is 0. The average Bonchev–Trinajstić information content (AvgIpc) is 2.96. The number of halogens is 1. The van der Waals surface area contributed by atoms with E-state index in [1.165, 1.54) is 35.6 Å². The molecule has 0 spiro atoms. The third-order valence-electron chi connectivity index (χ3n) is 3.31. The Balaban J connectivity index is 1.64. The SMILES string of the molecule is CCc1cccc2sc(NC(=O)COc3ccc(F)cc3)nc12. The lowest BCUT2D eigenvalue weighted by Crippen LogP contribution is -2.20. The van der Waals surface area contributed by atoms with E-state index >= 15 is 0 Å². The number of nitrogens with zero attached hydrogens (tertiary/aromatic N) is 1. The number of carbonyl (C=O) groups excluding carboxylic acids is 1. The van der Waals surface area contributed by atoms with Gasteiger partial charge >= 0.3 is 0 Å². The van der Waals surface area contributed by atoms with Crippen LogP contribution in [0.1, 0.15) is 12.5 Å². The molecule has 4 nitrogen and oxygen atoms in total. The molecule has 23 heavy (non-hydrogen) atoms. The van der Waals surface area contributed by atoms with Crippen LogP contribution >= 0.6 is 11.3 Å². The number of ether oxygens (including phenoxy) is 1. The zero-order valence-corrected chi connectivity index (χ0v) is 13.3. The fourth-order valence-corrected chi connectivity index (χ4v) is 3.11. The van der Waals surface area contributed by atoms with E-state index < -0.39 is 0 Å². The van der Waals surface area contributed by atoms with Gasteiger partial charge in [0.15, 0.2) is 11.7 Å². The second-order valence-corrected chi connectivity index (χ2v) is 5.96. The van der Waals surface area contributed by atoms with Crippen LogP contribution in [0.5, 0.6) is 5.75 Å². The molecule has 2 aromatic carbocycles. The van der Waals surface area contributed by atoms with Crippen LogP contribution in [0.4, 0.5) is 9.52 Å². The number of benzene rings is 2. The minimum atomic E-state index is -0.344. The lowest BCUT2D eigenvalue weighted by atomic mass is 10.1. The maximum absolute atomic E-state index is 12.8. The van der Waals surface area contributed by atoms with Gasteiger partial charge in [0.25, 0.3) is 5.91 Å². The maximum atomic E-state index is 12.8. The molecule has 1 amide bonds. The van der Waals surface area contributed by atoms with Gasteiger partial charge in [-0.2, -0.15) is 0 Å². The van der Waals surface area contributed by atoms with E-state index in [9.17, 15) is 9.18 Å². The van der Waals surface area contributed by atoms with Crippen molar-refractivity contribution in [3.63, 3.8) is 0 Å². The Bertz CT molecular complexity index is 830. The number of aryl methyl sites for hydroxylation is 1. The first-order chi connectivity index (χ1) is 11.2. The first kappa shape index (κ1) is 15.4. The number of aromatic nitrogens is 1. The highest BCUT2D eigenvalue weighted by Crippen LogP contribution is 2.28. The van der Waals surface area contributed by atoms with Crippen molar-refractivity contribution in [2.75, 3.05) is 11.9 Å². The van der Waals surface area contributed by atoms with Gasteiger partial charge in [-0.25, -0.2) is 9.37 Å². The Morgan fingerprint density at radius 2 is 2.04 bits per heavy atom. The van der Waals surface area contributed by atoms with E-state index in [2.05, 4.69) is 17.2 Å². The van der Waals surface area contributed by atoms with Crippen LogP contribution in [-0.2, 0) is 11.2 Å². The second-order valence-electron chi connectivity index (χ2n) is 4.93.